The molecule has 0 aromatic carbocycles. The Hall–Kier alpha value is -1.66. The summed E-state index contributed by atoms with van der Waals surface area (Å²) in [6.07, 6.45) is 86.5. The predicted octanol–water partition coefficient (Wildman–Crippen LogP) is 23.3. The molecule has 3 N–H and O–H groups in total. The molecule has 1 amide bonds. The number of hydrogen-bond donors (Lipinski definition) is 3. The van der Waals surface area contributed by atoms with E-state index in [0.29, 0.717) is 25.9 Å². The Morgan fingerprint density at radius 2 is 0.595 bits per heavy atom. The first-order valence-corrected chi connectivity index (χ1v) is 36.1. The SMILES string of the molecule is CCCCCCCCC/C=C\CCCCCCCCCC(=O)OCCCCCCCCCCCCCC/C=C\CCCCCCCCCCCC(=O)NC(CO)C(O)CCCCCCCCCCCCCCCCCCCCC. The van der Waals surface area contributed by atoms with Crippen molar-refractivity contribution in [2.45, 2.75) is 418 Å². The van der Waals surface area contributed by atoms with Crippen molar-refractivity contribution >= 4 is 11.9 Å². The van der Waals surface area contributed by atoms with Gasteiger partial charge in [-0.2, -0.15) is 0 Å². The van der Waals surface area contributed by atoms with Crippen LogP contribution in [-0.4, -0.2) is 47.4 Å². The second-order valence-electron chi connectivity index (χ2n) is 24.9. The first kappa shape index (κ1) is 77.3. The van der Waals surface area contributed by atoms with Crippen LogP contribution in [0.1, 0.15) is 406 Å². The summed E-state index contributed by atoms with van der Waals surface area (Å²) >= 11 is 0. The maximum atomic E-state index is 12.5. The molecule has 0 spiro atoms. The largest absolute Gasteiger partial charge is 0.466 e. The van der Waals surface area contributed by atoms with Crippen LogP contribution in [0.5, 0.6) is 0 Å². The fourth-order valence-corrected chi connectivity index (χ4v) is 11.5. The Kier molecular flexibility index (Phi) is 67.4. The van der Waals surface area contributed by atoms with Crippen molar-refractivity contribution in [3.8, 4) is 0 Å². The number of unbranched alkanes of at least 4 members (excludes halogenated alkanes) is 53. The van der Waals surface area contributed by atoms with E-state index < -0.39 is 12.1 Å². The summed E-state index contributed by atoms with van der Waals surface area (Å²) in [7, 11) is 0. The summed E-state index contributed by atoms with van der Waals surface area (Å²) in [5.74, 6) is -0.0226. The van der Waals surface area contributed by atoms with Crippen LogP contribution in [-0.2, 0) is 14.3 Å². The summed E-state index contributed by atoms with van der Waals surface area (Å²) in [5.41, 5.74) is 0. The lowest BCUT2D eigenvalue weighted by molar-refractivity contribution is -0.143. The summed E-state index contributed by atoms with van der Waals surface area (Å²) in [6.45, 7) is 4.99. The van der Waals surface area contributed by atoms with Crippen LogP contribution in [0.15, 0.2) is 24.3 Å². The lowest BCUT2D eigenvalue weighted by atomic mass is 10.0. The zero-order valence-electron chi connectivity index (χ0n) is 53.6. The number of esters is 1. The molecule has 0 saturated carbocycles. The third-order valence-electron chi connectivity index (χ3n) is 17.0. The molecular weight excluding hydrogens is 971 g/mol. The third-order valence-corrected chi connectivity index (χ3v) is 17.0. The van der Waals surface area contributed by atoms with Gasteiger partial charge in [0.25, 0.3) is 0 Å². The molecule has 0 aliphatic carbocycles. The highest BCUT2D eigenvalue weighted by molar-refractivity contribution is 5.76. The van der Waals surface area contributed by atoms with Crippen molar-refractivity contribution in [2.75, 3.05) is 13.2 Å². The van der Waals surface area contributed by atoms with Gasteiger partial charge < -0.3 is 20.3 Å². The van der Waals surface area contributed by atoms with Gasteiger partial charge in [0.05, 0.1) is 25.4 Å². The van der Waals surface area contributed by atoms with Gasteiger partial charge in [0.1, 0.15) is 0 Å². The van der Waals surface area contributed by atoms with Crippen molar-refractivity contribution in [2.24, 2.45) is 0 Å². The normalized spacial score (nSPS) is 12.6. The van der Waals surface area contributed by atoms with E-state index in [1.807, 2.05) is 0 Å². The number of aliphatic hydroxyl groups excluding tert-OH is 2. The molecule has 0 aromatic heterocycles. The average Bonchev–Trinajstić information content (AvgIpc) is 3.45. The maximum Gasteiger partial charge on any atom is 0.305 e. The van der Waals surface area contributed by atoms with Crippen molar-refractivity contribution in [3.63, 3.8) is 0 Å². The Labute approximate surface area is 494 Å². The summed E-state index contributed by atoms with van der Waals surface area (Å²) in [4.78, 5) is 24.6. The predicted molar refractivity (Wildman–Crippen MR) is 347 cm³/mol. The van der Waals surface area contributed by atoms with Gasteiger partial charge >= 0.3 is 5.97 Å². The Balaban J connectivity index is 3.38. The Bertz CT molecular complexity index is 1230. The highest BCUT2D eigenvalue weighted by Gasteiger charge is 2.20. The third kappa shape index (κ3) is 65.4. The molecule has 0 fully saturated rings. The van der Waals surface area contributed by atoms with E-state index in [4.69, 9.17) is 4.74 Å². The van der Waals surface area contributed by atoms with E-state index in [0.717, 1.165) is 44.9 Å². The smallest absolute Gasteiger partial charge is 0.305 e. The minimum Gasteiger partial charge on any atom is -0.466 e. The molecule has 0 aliphatic rings. The van der Waals surface area contributed by atoms with Gasteiger partial charge in [-0.1, -0.05) is 340 Å². The van der Waals surface area contributed by atoms with Gasteiger partial charge in [-0.15, -0.1) is 0 Å². The highest BCUT2D eigenvalue weighted by atomic mass is 16.5. The van der Waals surface area contributed by atoms with Crippen molar-refractivity contribution in [3.05, 3.63) is 24.3 Å². The van der Waals surface area contributed by atoms with Crippen molar-refractivity contribution in [1.82, 2.24) is 5.32 Å². The monoisotopic (exact) mass is 1110 g/mol. The molecule has 79 heavy (non-hydrogen) atoms. The maximum absolute atomic E-state index is 12.5. The second-order valence-corrected chi connectivity index (χ2v) is 24.9. The van der Waals surface area contributed by atoms with E-state index in [2.05, 4.69) is 43.5 Å². The zero-order chi connectivity index (χ0) is 57.1. The molecule has 0 saturated heterocycles. The van der Waals surface area contributed by atoms with Crippen molar-refractivity contribution in [1.29, 1.82) is 0 Å². The number of ether oxygens (including phenoxy) is 1. The molecule has 6 nitrogen and oxygen atoms in total. The fraction of sp³-hybridized carbons (Fsp3) is 0.918. The summed E-state index contributed by atoms with van der Waals surface area (Å²) < 4.78 is 5.50. The van der Waals surface area contributed by atoms with Gasteiger partial charge in [-0.05, 0) is 77.0 Å². The molecule has 2 atom stereocenters. The first-order valence-electron chi connectivity index (χ1n) is 36.1. The van der Waals surface area contributed by atoms with E-state index in [1.165, 1.54) is 327 Å². The highest BCUT2D eigenvalue weighted by Crippen LogP contribution is 2.19. The molecule has 6 heteroatoms. The van der Waals surface area contributed by atoms with Gasteiger partial charge in [0.15, 0.2) is 0 Å². The minimum atomic E-state index is -0.667. The number of hydrogen-bond acceptors (Lipinski definition) is 5. The lowest BCUT2D eigenvalue weighted by Gasteiger charge is -2.22. The molecule has 468 valence electrons. The van der Waals surface area contributed by atoms with Crippen LogP contribution in [0.2, 0.25) is 0 Å². The lowest BCUT2D eigenvalue weighted by Crippen LogP contribution is -2.45. The number of aliphatic hydroxyl groups is 2. The Morgan fingerprint density at radius 3 is 0.899 bits per heavy atom. The first-order chi connectivity index (χ1) is 39.0. The van der Waals surface area contributed by atoms with Crippen LogP contribution >= 0.6 is 0 Å². The van der Waals surface area contributed by atoms with Crippen molar-refractivity contribution < 1.29 is 24.5 Å². The topological polar surface area (TPSA) is 95.9 Å². The number of rotatable bonds is 68. The zero-order valence-corrected chi connectivity index (χ0v) is 53.6. The van der Waals surface area contributed by atoms with Crippen LogP contribution in [0.25, 0.3) is 0 Å². The summed E-state index contributed by atoms with van der Waals surface area (Å²) in [5, 5.41) is 23.4. The average molecular weight is 1110 g/mol. The molecule has 0 heterocycles. The Morgan fingerprint density at radius 1 is 0.342 bits per heavy atom. The van der Waals surface area contributed by atoms with Gasteiger partial charge in [-0.3, -0.25) is 9.59 Å². The standard InChI is InChI=1S/C73H141NO5/c1-3-5-7-9-11-13-15-17-19-21-30-33-37-41-45-49-53-57-61-65-71(76)70(69-75)74-72(77)66-62-58-54-50-46-42-38-34-31-28-26-24-23-25-27-29-32-36-40-44-48-52-56-60-64-68-79-73(78)67-63-59-55-51-47-43-39-35-22-20-18-16-14-12-10-8-6-4-2/h20,22,24,26,70-71,75-76H,3-19,21,23,25,27-69H2,1-2H3,(H,74,77)/b22-20-,26-24-. The van der Waals surface area contributed by atoms with Gasteiger partial charge in [-0.25, -0.2) is 0 Å². The molecule has 0 aromatic rings. The van der Waals surface area contributed by atoms with Gasteiger partial charge in [0, 0.05) is 12.8 Å². The number of carbonyl (C=O) groups excluding carboxylic acids is 2. The van der Waals surface area contributed by atoms with Crippen LogP contribution in [0, 0.1) is 0 Å². The number of amides is 1. The molecule has 0 aliphatic heterocycles. The molecular formula is C73H141NO5. The second kappa shape index (κ2) is 68.8. The minimum absolute atomic E-state index is 0.0115. The molecule has 2 unspecified atom stereocenters. The van der Waals surface area contributed by atoms with E-state index in [9.17, 15) is 19.8 Å². The van der Waals surface area contributed by atoms with E-state index >= 15 is 0 Å². The van der Waals surface area contributed by atoms with Crippen LogP contribution in [0.3, 0.4) is 0 Å². The van der Waals surface area contributed by atoms with Crippen LogP contribution < -0.4 is 5.32 Å². The number of carbonyl (C=O) groups is 2. The van der Waals surface area contributed by atoms with Gasteiger partial charge in [0.2, 0.25) is 5.91 Å². The number of nitrogens with one attached hydrogen (secondary N) is 1. The van der Waals surface area contributed by atoms with E-state index in [-0.39, 0.29) is 18.5 Å². The summed E-state index contributed by atoms with van der Waals surface area (Å²) in [6, 6.07) is -0.544. The fourth-order valence-electron chi connectivity index (χ4n) is 11.5. The molecule has 0 radical (unpaired) electrons. The van der Waals surface area contributed by atoms with Crippen LogP contribution in [0.4, 0.5) is 0 Å². The van der Waals surface area contributed by atoms with E-state index in [1.54, 1.807) is 0 Å². The quantitative estimate of drug-likeness (QED) is 0.0320. The number of allylic oxidation sites excluding steroid dienone is 4. The molecule has 0 rings (SSSR count). The molecule has 0 bridgehead atoms.